The lowest BCUT2D eigenvalue weighted by Gasteiger charge is -2.38. The zero-order chi connectivity index (χ0) is 13.8. The molecule has 0 radical (unpaired) electrons. The molecule has 1 heterocycles. The van der Waals surface area contributed by atoms with Crippen molar-refractivity contribution in [2.24, 2.45) is 0 Å². The zero-order valence-corrected chi connectivity index (χ0v) is 12.1. The molecule has 0 bridgehead atoms. The molecule has 0 spiro atoms. The van der Waals surface area contributed by atoms with Crippen molar-refractivity contribution in [1.29, 1.82) is 0 Å². The number of carbonyl (C=O) groups is 1. The average molecular weight is 282 g/mol. The summed E-state index contributed by atoms with van der Waals surface area (Å²) in [5, 5.41) is 5.43. The number of hydrogen-bond acceptors (Lipinski definition) is 2. The Hall–Kier alpha value is -1.26. The second-order valence-corrected chi connectivity index (χ2v) is 5.55. The lowest BCUT2D eigenvalue weighted by molar-refractivity contribution is 0.0625. The van der Waals surface area contributed by atoms with E-state index in [1.54, 1.807) is 12.1 Å². The fourth-order valence-electron chi connectivity index (χ4n) is 2.48. The Bertz CT molecular complexity index is 442. The molecule has 1 fully saturated rings. The number of amides is 2. The van der Waals surface area contributed by atoms with Crippen LogP contribution in [0.2, 0.25) is 5.02 Å². The van der Waals surface area contributed by atoms with E-state index >= 15 is 0 Å². The molecule has 1 aliphatic rings. The van der Waals surface area contributed by atoms with Crippen LogP contribution in [-0.2, 0) is 0 Å². The highest BCUT2D eigenvalue weighted by Crippen LogP contribution is 2.20. The number of urea groups is 1. The lowest BCUT2D eigenvalue weighted by atomic mass is 10.00. The molecule has 2 atom stereocenters. The summed E-state index contributed by atoms with van der Waals surface area (Å²) < 4.78 is 0. The standard InChI is InChI=1S/C14H20ClN3O/c1-10-5-3-6-11(2)18(10)17-14(19)16-13-8-4-7-12(15)9-13/h4,7-11H,3,5-6H2,1-2H3,(H2,16,17,19). The molecule has 1 aromatic rings. The van der Waals surface area contributed by atoms with Gasteiger partial charge in [-0.2, -0.15) is 0 Å². The molecule has 2 N–H and O–H groups in total. The van der Waals surface area contributed by atoms with Gasteiger partial charge in [-0.05, 0) is 44.9 Å². The number of halogens is 1. The van der Waals surface area contributed by atoms with Crippen LogP contribution in [0.1, 0.15) is 33.1 Å². The molecule has 5 heteroatoms. The Morgan fingerprint density at radius 1 is 1.32 bits per heavy atom. The van der Waals surface area contributed by atoms with Gasteiger partial charge in [-0.1, -0.05) is 24.1 Å². The summed E-state index contributed by atoms with van der Waals surface area (Å²) in [5.74, 6) is 0. The lowest BCUT2D eigenvalue weighted by Crippen LogP contribution is -2.55. The van der Waals surface area contributed by atoms with Crippen molar-refractivity contribution >= 4 is 23.3 Å². The van der Waals surface area contributed by atoms with E-state index in [-0.39, 0.29) is 6.03 Å². The van der Waals surface area contributed by atoms with Gasteiger partial charge in [0.25, 0.3) is 0 Å². The van der Waals surface area contributed by atoms with Crippen LogP contribution in [0.4, 0.5) is 10.5 Å². The van der Waals surface area contributed by atoms with Crippen LogP contribution >= 0.6 is 11.6 Å². The number of nitrogens with zero attached hydrogens (tertiary/aromatic N) is 1. The van der Waals surface area contributed by atoms with E-state index in [2.05, 4.69) is 24.6 Å². The maximum atomic E-state index is 12.0. The van der Waals surface area contributed by atoms with Crippen LogP contribution in [0.15, 0.2) is 24.3 Å². The molecule has 2 unspecified atom stereocenters. The average Bonchev–Trinajstić information content (AvgIpc) is 2.34. The number of nitrogens with one attached hydrogen (secondary N) is 2. The number of rotatable bonds is 2. The molecule has 4 nitrogen and oxygen atoms in total. The van der Waals surface area contributed by atoms with Gasteiger partial charge < -0.3 is 5.32 Å². The Morgan fingerprint density at radius 3 is 2.63 bits per heavy atom. The van der Waals surface area contributed by atoms with E-state index in [1.165, 1.54) is 6.42 Å². The molecule has 19 heavy (non-hydrogen) atoms. The molecule has 2 rings (SSSR count). The number of anilines is 1. The van der Waals surface area contributed by atoms with Crippen molar-refractivity contribution in [3.63, 3.8) is 0 Å². The van der Waals surface area contributed by atoms with Crippen molar-refractivity contribution in [1.82, 2.24) is 10.4 Å². The molecule has 1 saturated heterocycles. The molecule has 0 saturated carbocycles. The Balaban J connectivity index is 1.93. The molecule has 1 aromatic carbocycles. The second-order valence-electron chi connectivity index (χ2n) is 5.11. The smallest absolute Gasteiger partial charge is 0.307 e. The van der Waals surface area contributed by atoms with Crippen LogP contribution in [0.3, 0.4) is 0 Å². The van der Waals surface area contributed by atoms with Crippen molar-refractivity contribution in [2.75, 3.05) is 5.32 Å². The second kappa shape index (κ2) is 6.26. The van der Waals surface area contributed by atoms with Crippen molar-refractivity contribution in [3.05, 3.63) is 29.3 Å². The third-order valence-corrected chi connectivity index (χ3v) is 3.74. The van der Waals surface area contributed by atoms with E-state index in [4.69, 9.17) is 11.6 Å². The molecule has 104 valence electrons. The summed E-state index contributed by atoms with van der Waals surface area (Å²) in [7, 11) is 0. The van der Waals surface area contributed by atoms with Gasteiger partial charge in [-0.15, -0.1) is 0 Å². The fourth-order valence-corrected chi connectivity index (χ4v) is 2.67. The number of carbonyl (C=O) groups excluding carboxylic acids is 1. The van der Waals surface area contributed by atoms with Gasteiger partial charge in [0.1, 0.15) is 0 Å². The minimum Gasteiger partial charge on any atom is -0.307 e. The van der Waals surface area contributed by atoms with E-state index in [1.807, 2.05) is 17.1 Å². The fraction of sp³-hybridized carbons (Fsp3) is 0.500. The largest absolute Gasteiger partial charge is 0.333 e. The maximum Gasteiger partial charge on any atom is 0.333 e. The summed E-state index contributed by atoms with van der Waals surface area (Å²) in [5.41, 5.74) is 3.62. The highest BCUT2D eigenvalue weighted by atomic mass is 35.5. The van der Waals surface area contributed by atoms with Crippen molar-refractivity contribution < 1.29 is 4.79 Å². The van der Waals surface area contributed by atoms with Crippen LogP contribution in [0, 0.1) is 0 Å². The van der Waals surface area contributed by atoms with E-state index < -0.39 is 0 Å². The van der Waals surface area contributed by atoms with E-state index in [9.17, 15) is 4.79 Å². The van der Waals surface area contributed by atoms with Gasteiger partial charge in [0, 0.05) is 22.8 Å². The minimum absolute atomic E-state index is 0.220. The third kappa shape index (κ3) is 3.85. The number of hydrazine groups is 1. The van der Waals surface area contributed by atoms with Crippen LogP contribution in [0.25, 0.3) is 0 Å². The third-order valence-electron chi connectivity index (χ3n) is 3.51. The van der Waals surface area contributed by atoms with Gasteiger partial charge in [-0.25, -0.2) is 9.80 Å². The summed E-state index contributed by atoms with van der Waals surface area (Å²) >= 11 is 5.88. The molecule has 0 aromatic heterocycles. The Labute approximate surface area is 119 Å². The topological polar surface area (TPSA) is 44.4 Å². The van der Waals surface area contributed by atoms with Gasteiger partial charge in [-0.3, -0.25) is 5.43 Å². The van der Waals surface area contributed by atoms with Crippen LogP contribution < -0.4 is 10.7 Å². The normalized spacial score (nSPS) is 23.9. The number of hydrogen-bond donors (Lipinski definition) is 2. The summed E-state index contributed by atoms with van der Waals surface area (Å²) in [4.78, 5) is 12.0. The molecular formula is C14H20ClN3O. The number of piperidine rings is 1. The predicted molar refractivity (Wildman–Crippen MR) is 78.2 cm³/mol. The van der Waals surface area contributed by atoms with Crippen LogP contribution in [0.5, 0.6) is 0 Å². The molecule has 2 amide bonds. The molecule has 0 aliphatic carbocycles. The first-order chi connectivity index (χ1) is 9.06. The first-order valence-corrected chi connectivity index (χ1v) is 7.05. The first kappa shape index (κ1) is 14.2. The summed E-state index contributed by atoms with van der Waals surface area (Å²) in [6.45, 7) is 4.27. The Morgan fingerprint density at radius 2 is 2.00 bits per heavy atom. The maximum absolute atomic E-state index is 12.0. The highest BCUT2D eigenvalue weighted by Gasteiger charge is 2.25. The highest BCUT2D eigenvalue weighted by molar-refractivity contribution is 6.30. The summed E-state index contributed by atoms with van der Waals surface area (Å²) in [6.07, 6.45) is 3.44. The van der Waals surface area contributed by atoms with Crippen LogP contribution in [-0.4, -0.2) is 23.1 Å². The van der Waals surface area contributed by atoms with Crippen molar-refractivity contribution in [2.45, 2.75) is 45.2 Å². The van der Waals surface area contributed by atoms with E-state index in [0.717, 1.165) is 12.8 Å². The predicted octanol–water partition coefficient (Wildman–Crippen LogP) is 3.64. The number of benzene rings is 1. The SMILES string of the molecule is CC1CCCC(C)N1NC(=O)Nc1cccc(Cl)c1. The van der Waals surface area contributed by atoms with E-state index in [0.29, 0.717) is 22.8 Å². The monoisotopic (exact) mass is 281 g/mol. The summed E-state index contributed by atoms with van der Waals surface area (Å²) in [6, 6.07) is 7.65. The van der Waals surface area contributed by atoms with Gasteiger partial charge in [0.2, 0.25) is 0 Å². The quantitative estimate of drug-likeness (QED) is 0.869. The minimum atomic E-state index is -0.220. The van der Waals surface area contributed by atoms with Crippen molar-refractivity contribution in [3.8, 4) is 0 Å². The molecular weight excluding hydrogens is 262 g/mol. The first-order valence-electron chi connectivity index (χ1n) is 6.68. The van der Waals surface area contributed by atoms with Gasteiger partial charge in [0.05, 0.1) is 0 Å². The van der Waals surface area contributed by atoms with Gasteiger partial charge in [0.15, 0.2) is 0 Å². The Kier molecular flexibility index (Phi) is 4.66. The van der Waals surface area contributed by atoms with Gasteiger partial charge >= 0.3 is 6.03 Å². The molecule has 1 aliphatic heterocycles. The zero-order valence-electron chi connectivity index (χ0n) is 11.3.